The number of esters is 1. The van der Waals surface area contributed by atoms with E-state index in [2.05, 4.69) is 9.97 Å². The van der Waals surface area contributed by atoms with Gasteiger partial charge >= 0.3 is 5.97 Å². The zero-order chi connectivity index (χ0) is 17.3. The van der Waals surface area contributed by atoms with E-state index in [9.17, 15) is 9.59 Å². The average molecular weight is 344 g/mol. The average Bonchev–Trinajstić information content (AvgIpc) is 3.14. The van der Waals surface area contributed by atoms with Gasteiger partial charge in [0.05, 0.1) is 11.6 Å². The molecule has 124 valence electrons. The van der Waals surface area contributed by atoms with Crippen LogP contribution in [0.25, 0.3) is 16.3 Å². The Bertz CT molecular complexity index is 967. The minimum Gasteiger partial charge on any atom is -0.465 e. The van der Waals surface area contributed by atoms with Crippen LogP contribution in [-0.4, -0.2) is 15.9 Å². The van der Waals surface area contributed by atoms with E-state index in [1.165, 1.54) is 29.8 Å². The van der Waals surface area contributed by atoms with Crippen molar-refractivity contribution in [2.24, 2.45) is 0 Å². The number of carbonyl (C=O) groups is 1. The van der Waals surface area contributed by atoms with E-state index < -0.39 is 12.1 Å². The maximum Gasteiger partial charge on any atom is 0.331 e. The van der Waals surface area contributed by atoms with Crippen molar-refractivity contribution in [3.63, 3.8) is 0 Å². The molecule has 0 spiro atoms. The van der Waals surface area contributed by atoms with E-state index in [0.29, 0.717) is 21.8 Å². The Balaban J connectivity index is 1.80. The number of hydrogen-bond acceptors (Lipinski definition) is 6. The lowest BCUT2D eigenvalue weighted by Crippen LogP contribution is -2.16. The summed E-state index contributed by atoms with van der Waals surface area (Å²) in [7, 11) is 0. The van der Waals surface area contributed by atoms with Gasteiger partial charge in [-0.2, -0.15) is 0 Å². The van der Waals surface area contributed by atoms with Crippen LogP contribution in [0.1, 0.15) is 35.1 Å². The van der Waals surface area contributed by atoms with Crippen LogP contribution in [0.4, 0.5) is 0 Å². The van der Waals surface area contributed by atoms with Crippen LogP contribution in [0.2, 0.25) is 0 Å². The fourth-order valence-corrected chi connectivity index (χ4v) is 3.31. The van der Waals surface area contributed by atoms with E-state index >= 15 is 0 Å². The van der Waals surface area contributed by atoms with Gasteiger partial charge in [-0.15, -0.1) is 11.3 Å². The summed E-state index contributed by atoms with van der Waals surface area (Å²) in [6.07, 6.45) is 3.63. The third kappa shape index (κ3) is 3.16. The van der Waals surface area contributed by atoms with Gasteiger partial charge in [-0.1, -0.05) is 0 Å². The molecule has 7 heteroatoms. The molecule has 0 fully saturated rings. The molecule has 3 aromatic heterocycles. The lowest BCUT2D eigenvalue weighted by atomic mass is 10.2. The number of nitrogens with zero attached hydrogens (tertiary/aromatic N) is 1. The second-order valence-corrected chi connectivity index (χ2v) is 6.55. The fraction of sp³-hybridized carbons (Fsp3) is 0.235. The van der Waals surface area contributed by atoms with Crippen molar-refractivity contribution in [3.05, 3.63) is 56.9 Å². The molecular formula is C17H16N2O4S. The van der Waals surface area contributed by atoms with Crippen LogP contribution in [0, 0.1) is 13.8 Å². The van der Waals surface area contributed by atoms with E-state index in [1.807, 2.05) is 13.8 Å². The summed E-state index contributed by atoms with van der Waals surface area (Å²) in [6.45, 7) is 5.51. The monoisotopic (exact) mass is 344 g/mol. The number of carbonyl (C=O) groups excluding carboxylic acids is 1. The predicted octanol–water partition coefficient (Wildman–Crippen LogP) is 3.51. The second-order valence-electron chi connectivity index (χ2n) is 5.34. The maximum atomic E-state index is 12.2. The number of hydrogen-bond donors (Lipinski definition) is 1. The van der Waals surface area contributed by atoms with Gasteiger partial charge in [0, 0.05) is 11.0 Å². The number of aromatic amines is 1. The molecule has 3 heterocycles. The van der Waals surface area contributed by atoms with Crippen LogP contribution in [-0.2, 0) is 9.53 Å². The SMILES string of the molecule is Cc1sc2nc(C(C)OC(=O)/C=C/c3ccco3)[nH]c(=O)c2c1C. The highest BCUT2D eigenvalue weighted by Gasteiger charge is 2.17. The van der Waals surface area contributed by atoms with Crippen LogP contribution in [0.15, 0.2) is 33.7 Å². The van der Waals surface area contributed by atoms with Gasteiger partial charge in [0.1, 0.15) is 10.6 Å². The number of aryl methyl sites for hydroxylation is 2. The number of nitrogens with one attached hydrogen (secondary N) is 1. The maximum absolute atomic E-state index is 12.2. The molecule has 0 radical (unpaired) electrons. The van der Waals surface area contributed by atoms with Crippen molar-refractivity contribution < 1.29 is 13.9 Å². The summed E-state index contributed by atoms with van der Waals surface area (Å²) in [5.74, 6) is 0.339. The molecule has 3 aromatic rings. The van der Waals surface area contributed by atoms with E-state index in [1.54, 1.807) is 19.1 Å². The highest BCUT2D eigenvalue weighted by Crippen LogP contribution is 2.26. The highest BCUT2D eigenvalue weighted by atomic mass is 32.1. The summed E-state index contributed by atoms with van der Waals surface area (Å²) < 4.78 is 10.4. The first-order valence-corrected chi connectivity index (χ1v) is 8.19. The molecule has 0 aliphatic carbocycles. The molecule has 0 aliphatic heterocycles. The molecule has 6 nitrogen and oxygen atoms in total. The minimum absolute atomic E-state index is 0.217. The Hall–Kier alpha value is -2.67. The van der Waals surface area contributed by atoms with Crippen molar-refractivity contribution in [2.75, 3.05) is 0 Å². The van der Waals surface area contributed by atoms with Crippen molar-refractivity contribution in [3.8, 4) is 0 Å². The Morgan fingerprint density at radius 1 is 1.46 bits per heavy atom. The summed E-state index contributed by atoms with van der Waals surface area (Å²) in [5.41, 5.74) is 0.715. The molecule has 0 saturated heterocycles. The van der Waals surface area contributed by atoms with Gasteiger partial charge in [0.2, 0.25) is 0 Å². The molecular weight excluding hydrogens is 328 g/mol. The first-order chi connectivity index (χ1) is 11.5. The smallest absolute Gasteiger partial charge is 0.331 e. The van der Waals surface area contributed by atoms with Crippen LogP contribution in [0.3, 0.4) is 0 Å². The summed E-state index contributed by atoms with van der Waals surface area (Å²) in [5, 5.41) is 0.595. The topological polar surface area (TPSA) is 85.2 Å². The summed E-state index contributed by atoms with van der Waals surface area (Å²) >= 11 is 1.45. The van der Waals surface area contributed by atoms with Gasteiger partial charge < -0.3 is 14.1 Å². The number of thiophene rings is 1. The molecule has 0 saturated carbocycles. The fourth-order valence-electron chi connectivity index (χ4n) is 2.27. The normalized spacial score (nSPS) is 12.8. The molecule has 1 unspecified atom stereocenters. The number of fused-ring (bicyclic) bond motifs is 1. The van der Waals surface area contributed by atoms with Gasteiger partial charge in [-0.05, 0) is 44.5 Å². The van der Waals surface area contributed by atoms with Gasteiger partial charge in [-0.3, -0.25) is 4.79 Å². The summed E-state index contributed by atoms with van der Waals surface area (Å²) in [6, 6.07) is 3.45. The van der Waals surface area contributed by atoms with E-state index in [4.69, 9.17) is 9.15 Å². The molecule has 24 heavy (non-hydrogen) atoms. The molecule has 1 atom stereocenters. The first kappa shape index (κ1) is 16.2. The lowest BCUT2D eigenvalue weighted by Gasteiger charge is -2.10. The third-order valence-corrected chi connectivity index (χ3v) is 4.76. The van der Waals surface area contributed by atoms with Crippen LogP contribution < -0.4 is 5.56 Å². The van der Waals surface area contributed by atoms with Crippen molar-refractivity contribution >= 4 is 33.6 Å². The summed E-state index contributed by atoms with van der Waals surface area (Å²) in [4.78, 5) is 32.9. The number of H-pyrrole nitrogens is 1. The number of rotatable bonds is 4. The van der Waals surface area contributed by atoms with Crippen LogP contribution >= 0.6 is 11.3 Å². The largest absolute Gasteiger partial charge is 0.465 e. The number of furan rings is 1. The molecule has 0 aromatic carbocycles. The predicted molar refractivity (Wildman–Crippen MR) is 92.0 cm³/mol. The number of ether oxygens (including phenoxy) is 1. The van der Waals surface area contributed by atoms with E-state index in [-0.39, 0.29) is 5.56 Å². The standard InChI is InChI=1S/C17H16N2O4S/c1-9-11(3)24-17-14(9)16(21)18-15(19-17)10(2)23-13(20)7-6-12-5-4-8-22-12/h4-8,10H,1-3H3,(H,18,19,21)/b7-6+. The second kappa shape index (κ2) is 6.45. The molecule has 0 bridgehead atoms. The Kier molecular flexibility index (Phi) is 4.35. The van der Waals surface area contributed by atoms with Crippen LogP contribution in [0.5, 0.6) is 0 Å². The zero-order valence-electron chi connectivity index (χ0n) is 13.5. The highest BCUT2D eigenvalue weighted by molar-refractivity contribution is 7.18. The van der Waals surface area contributed by atoms with Crippen molar-refractivity contribution in [1.29, 1.82) is 0 Å². The molecule has 3 rings (SSSR count). The van der Waals surface area contributed by atoms with Gasteiger partial charge in [-0.25, -0.2) is 9.78 Å². The first-order valence-electron chi connectivity index (χ1n) is 7.38. The quantitative estimate of drug-likeness (QED) is 0.578. The van der Waals surface area contributed by atoms with Crippen molar-refractivity contribution in [2.45, 2.75) is 26.9 Å². The molecule has 0 amide bonds. The Labute approximate surface area is 141 Å². The minimum atomic E-state index is -0.668. The molecule has 1 N–H and O–H groups in total. The van der Waals surface area contributed by atoms with Gasteiger partial charge in [0.15, 0.2) is 11.9 Å². The Morgan fingerprint density at radius 3 is 2.96 bits per heavy atom. The molecule has 0 aliphatic rings. The van der Waals surface area contributed by atoms with Gasteiger partial charge in [0.25, 0.3) is 5.56 Å². The lowest BCUT2D eigenvalue weighted by molar-refractivity contribution is -0.142. The Morgan fingerprint density at radius 2 is 2.25 bits per heavy atom. The third-order valence-electron chi connectivity index (χ3n) is 3.66. The van der Waals surface area contributed by atoms with E-state index in [0.717, 1.165) is 10.4 Å². The van der Waals surface area contributed by atoms with Crippen molar-refractivity contribution in [1.82, 2.24) is 9.97 Å². The number of aromatic nitrogens is 2. The zero-order valence-corrected chi connectivity index (χ0v) is 14.3.